The standard InChI is InChI=1S/C13H19N3O3S/c1-6-11(20-8(3)14-6)7(2)15-13(19)16-10(12(17)18)9-4-5-9/h7,9-10H,4-5H2,1-3H3,(H,17,18)(H2,15,16,19). The Balaban J connectivity index is 1.93. The van der Waals surface area contributed by atoms with Crippen LogP contribution in [0.15, 0.2) is 0 Å². The Morgan fingerprint density at radius 1 is 1.35 bits per heavy atom. The number of aryl methyl sites for hydroxylation is 2. The summed E-state index contributed by atoms with van der Waals surface area (Å²) in [4.78, 5) is 28.3. The average Bonchev–Trinajstić information content (AvgIpc) is 3.11. The molecule has 0 radical (unpaired) electrons. The summed E-state index contributed by atoms with van der Waals surface area (Å²) in [6.07, 6.45) is 1.72. The number of urea groups is 1. The van der Waals surface area contributed by atoms with Gasteiger partial charge in [-0.05, 0) is 39.5 Å². The maximum absolute atomic E-state index is 11.9. The molecule has 0 saturated heterocycles. The van der Waals surface area contributed by atoms with Crippen molar-refractivity contribution < 1.29 is 14.7 Å². The number of nitrogens with zero attached hydrogens (tertiary/aromatic N) is 1. The molecule has 1 aromatic heterocycles. The summed E-state index contributed by atoms with van der Waals surface area (Å²) < 4.78 is 0. The van der Waals surface area contributed by atoms with Gasteiger partial charge in [0.05, 0.1) is 16.7 Å². The highest BCUT2D eigenvalue weighted by molar-refractivity contribution is 7.11. The van der Waals surface area contributed by atoms with Crippen molar-refractivity contribution in [2.24, 2.45) is 5.92 Å². The Hall–Kier alpha value is -1.63. The van der Waals surface area contributed by atoms with Gasteiger partial charge in [-0.3, -0.25) is 0 Å². The predicted octanol–water partition coefficient (Wildman–Crippen LogP) is 1.98. The SMILES string of the molecule is Cc1nc(C)c(C(C)NC(=O)NC(C(=O)O)C2CC2)s1. The molecule has 3 N–H and O–H groups in total. The van der Waals surface area contributed by atoms with Crippen molar-refractivity contribution in [2.75, 3.05) is 0 Å². The van der Waals surface area contributed by atoms with Gasteiger partial charge in [-0.25, -0.2) is 14.6 Å². The summed E-state index contributed by atoms with van der Waals surface area (Å²) >= 11 is 1.54. The molecule has 1 heterocycles. The highest BCUT2D eigenvalue weighted by Gasteiger charge is 2.37. The van der Waals surface area contributed by atoms with Crippen LogP contribution in [0, 0.1) is 19.8 Å². The van der Waals surface area contributed by atoms with Crippen molar-refractivity contribution in [3.8, 4) is 0 Å². The van der Waals surface area contributed by atoms with Crippen LogP contribution in [0.5, 0.6) is 0 Å². The quantitative estimate of drug-likeness (QED) is 0.775. The lowest BCUT2D eigenvalue weighted by atomic mass is 10.2. The summed E-state index contributed by atoms with van der Waals surface area (Å²) in [6.45, 7) is 5.69. The number of carbonyl (C=O) groups excluding carboxylic acids is 1. The number of hydrogen-bond donors (Lipinski definition) is 3. The zero-order valence-electron chi connectivity index (χ0n) is 11.8. The van der Waals surface area contributed by atoms with E-state index in [0.29, 0.717) is 0 Å². The van der Waals surface area contributed by atoms with Crippen LogP contribution in [-0.2, 0) is 4.79 Å². The second-order valence-corrected chi connectivity index (χ2v) is 6.41. The summed E-state index contributed by atoms with van der Waals surface area (Å²) in [7, 11) is 0. The third kappa shape index (κ3) is 3.47. The van der Waals surface area contributed by atoms with Crippen molar-refractivity contribution in [3.63, 3.8) is 0 Å². The van der Waals surface area contributed by atoms with E-state index in [2.05, 4.69) is 15.6 Å². The Labute approximate surface area is 121 Å². The summed E-state index contributed by atoms with van der Waals surface area (Å²) in [6, 6.07) is -1.41. The Bertz CT molecular complexity index is 525. The zero-order chi connectivity index (χ0) is 14.9. The molecular formula is C13H19N3O3S. The molecule has 1 fully saturated rings. The molecule has 7 heteroatoms. The monoisotopic (exact) mass is 297 g/mol. The lowest BCUT2D eigenvalue weighted by molar-refractivity contribution is -0.139. The molecule has 110 valence electrons. The molecule has 1 aliphatic rings. The minimum atomic E-state index is -0.972. The van der Waals surface area contributed by atoms with Crippen LogP contribution < -0.4 is 10.6 Å². The largest absolute Gasteiger partial charge is 0.480 e. The first-order chi connectivity index (χ1) is 9.38. The van der Waals surface area contributed by atoms with Crippen molar-refractivity contribution in [2.45, 2.75) is 45.7 Å². The number of aromatic nitrogens is 1. The molecule has 1 saturated carbocycles. The molecule has 20 heavy (non-hydrogen) atoms. The van der Waals surface area contributed by atoms with E-state index in [9.17, 15) is 9.59 Å². The van der Waals surface area contributed by atoms with Crippen LogP contribution in [0.2, 0.25) is 0 Å². The van der Waals surface area contributed by atoms with Crippen LogP contribution >= 0.6 is 11.3 Å². The van der Waals surface area contributed by atoms with Gasteiger partial charge in [0.15, 0.2) is 0 Å². The fourth-order valence-electron chi connectivity index (χ4n) is 2.20. The fraction of sp³-hybridized carbons (Fsp3) is 0.615. The van der Waals surface area contributed by atoms with Gasteiger partial charge in [-0.15, -0.1) is 11.3 Å². The number of amides is 2. The maximum atomic E-state index is 11.9. The van der Waals surface area contributed by atoms with Gasteiger partial charge in [0.25, 0.3) is 0 Å². The number of nitrogens with one attached hydrogen (secondary N) is 2. The minimum absolute atomic E-state index is 0.0703. The summed E-state index contributed by atoms with van der Waals surface area (Å²) in [5.74, 6) is -0.902. The van der Waals surface area contributed by atoms with Crippen molar-refractivity contribution in [3.05, 3.63) is 15.6 Å². The van der Waals surface area contributed by atoms with Gasteiger partial charge >= 0.3 is 12.0 Å². The summed E-state index contributed by atoms with van der Waals surface area (Å²) in [5.41, 5.74) is 0.900. The normalized spacial score (nSPS) is 17.4. The smallest absolute Gasteiger partial charge is 0.326 e. The van der Waals surface area contributed by atoms with Crippen LogP contribution in [-0.4, -0.2) is 28.1 Å². The number of aliphatic carboxylic acids is 1. The average molecular weight is 297 g/mol. The molecule has 6 nitrogen and oxygen atoms in total. The van der Waals surface area contributed by atoms with E-state index >= 15 is 0 Å². The van der Waals surface area contributed by atoms with Gasteiger partial charge in [0.2, 0.25) is 0 Å². The van der Waals surface area contributed by atoms with E-state index < -0.39 is 18.0 Å². The molecule has 1 aliphatic carbocycles. The number of thiazole rings is 1. The Morgan fingerprint density at radius 2 is 2.00 bits per heavy atom. The highest BCUT2D eigenvalue weighted by Crippen LogP contribution is 2.32. The number of carboxylic acid groups (broad SMARTS) is 1. The minimum Gasteiger partial charge on any atom is -0.480 e. The predicted molar refractivity (Wildman–Crippen MR) is 75.8 cm³/mol. The molecule has 2 rings (SSSR count). The Morgan fingerprint density at radius 3 is 2.45 bits per heavy atom. The van der Waals surface area contributed by atoms with Crippen molar-refractivity contribution >= 4 is 23.3 Å². The second kappa shape index (κ2) is 5.78. The van der Waals surface area contributed by atoms with E-state index in [1.807, 2.05) is 20.8 Å². The molecule has 2 atom stereocenters. The van der Waals surface area contributed by atoms with Crippen LogP contribution in [0.3, 0.4) is 0 Å². The zero-order valence-corrected chi connectivity index (χ0v) is 12.6. The van der Waals surface area contributed by atoms with Crippen LogP contribution in [0.25, 0.3) is 0 Å². The van der Waals surface area contributed by atoms with E-state index in [-0.39, 0.29) is 12.0 Å². The third-order valence-electron chi connectivity index (χ3n) is 3.33. The number of carboxylic acids is 1. The lowest BCUT2D eigenvalue weighted by Gasteiger charge is -2.17. The van der Waals surface area contributed by atoms with Gasteiger partial charge in [-0.2, -0.15) is 0 Å². The first-order valence-corrected chi connectivity index (χ1v) is 7.44. The van der Waals surface area contributed by atoms with E-state index in [4.69, 9.17) is 5.11 Å². The van der Waals surface area contributed by atoms with Crippen LogP contribution in [0.1, 0.15) is 41.4 Å². The highest BCUT2D eigenvalue weighted by atomic mass is 32.1. The van der Waals surface area contributed by atoms with E-state index in [0.717, 1.165) is 28.4 Å². The van der Waals surface area contributed by atoms with Crippen molar-refractivity contribution in [1.82, 2.24) is 15.6 Å². The number of carbonyl (C=O) groups is 2. The van der Waals surface area contributed by atoms with Gasteiger partial charge in [0.1, 0.15) is 6.04 Å². The first-order valence-electron chi connectivity index (χ1n) is 6.62. The van der Waals surface area contributed by atoms with Gasteiger partial charge < -0.3 is 15.7 Å². The molecule has 0 spiro atoms. The van der Waals surface area contributed by atoms with Crippen LogP contribution in [0.4, 0.5) is 4.79 Å². The fourth-order valence-corrected chi connectivity index (χ4v) is 3.13. The van der Waals surface area contributed by atoms with E-state index in [1.54, 1.807) is 0 Å². The summed E-state index contributed by atoms with van der Waals surface area (Å²) in [5, 5.41) is 15.3. The van der Waals surface area contributed by atoms with Gasteiger partial charge in [0, 0.05) is 4.88 Å². The lowest BCUT2D eigenvalue weighted by Crippen LogP contribution is -2.47. The molecule has 2 amide bonds. The van der Waals surface area contributed by atoms with Gasteiger partial charge in [-0.1, -0.05) is 0 Å². The molecule has 0 bridgehead atoms. The third-order valence-corrected chi connectivity index (χ3v) is 4.58. The molecular weight excluding hydrogens is 278 g/mol. The first kappa shape index (κ1) is 14.8. The Kier molecular flexibility index (Phi) is 4.27. The molecule has 0 aliphatic heterocycles. The number of rotatable bonds is 5. The number of hydrogen-bond acceptors (Lipinski definition) is 4. The molecule has 1 aromatic rings. The molecule has 0 aromatic carbocycles. The van der Waals surface area contributed by atoms with E-state index in [1.165, 1.54) is 11.3 Å². The molecule has 2 unspecified atom stereocenters. The van der Waals surface area contributed by atoms with Crippen molar-refractivity contribution in [1.29, 1.82) is 0 Å². The topological polar surface area (TPSA) is 91.3 Å². The maximum Gasteiger partial charge on any atom is 0.326 e. The second-order valence-electron chi connectivity index (χ2n) is 5.18.